The van der Waals surface area contributed by atoms with E-state index in [1.165, 1.54) is 23.5 Å². The third-order valence-corrected chi connectivity index (χ3v) is 7.83. The van der Waals surface area contributed by atoms with Crippen molar-refractivity contribution in [1.29, 1.82) is 0 Å². The summed E-state index contributed by atoms with van der Waals surface area (Å²) in [6, 6.07) is 19.0. The molecule has 0 amide bonds. The molecule has 0 spiro atoms. The van der Waals surface area contributed by atoms with Gasteiger partial charge in [0.05, 0.1) is 35.4 Å². The lowest BCUT2D eigenvalue weighted by molar-refractivity contribution is 0.297. The minimum Gasteiger partial charge on any atom is -0.496 e. The maximum absolute atomic E-state index is 13.5. The van der Waals surface area contributed by atoms with Gasteiger partial charge in [-0.25, -0.2) is 13.4 Å². The molecule has 0 bridgehead atoms. The second kappa shape index (κ2) is 9.01. The molecule has 0 fully saturated rings. The van der Waals surface area contributed by atoms with Gasteiger partial charge in [-0.3, -0.25) is 0 Å². The maximum Gasteiger partial charge on any atom is 0.241 e. The number of sulfonamides is 1. The first kappa shape index (κ1) is 21.7. The van der Waals surface area contributed by atoms with Gasteiger partial charge in [-0.15, -0.1) is 11.3 Å². The number of aromatic nitrogens is 1. The quantitative estimate of drug-likeness (QED) is 0.434. The van der Waals surface area contributed by atoms with Crippen LogP contribution in [-0.4, -0.2) is 33.7 Å². The molecule has 1 atom stereocenters. The highest BCUT2D eigenvalue weighted by Gasteiger charge is 2.29. The van der Waals surface area contributed by atoms with Gasteiger partial charge in [-0.1, -0.05) is 30.3 Å². The third kappa shape index (κ3) is 4.39. The largest absolute Gasteiger partial charge is 0.496 e. The van der Waals surface area contributed by atoms with Gasteiger partial charge in [-0.05, 0) is 30.3 Å². The Morgan fingerprint density at radius 3 is 2.58 bits per heavy atom. The van der Waals surface area contributed by atoms with E-state index < -0.39 is 16.1 Å². The summed E-state index contributed by atoms with van der Waals surface area (Å²) in [7, 11) is -2.38. The Hall–Kier alpha value is -3.14. The molecule has 4 aromatic rings. The fourth-order valence-corrected chi connectivity index (χ4v) is 6.01. The molecular weight excluding hydrogens is 460 g/mol. The molecule has 5 rings (SSSR count). The number of benzene rings is 3. The highest BCUT2D eigenvalue weighted by atomic mass is 32.2. The van der Waals surface area contributed by atoms with Crippen molar-refractivity contribution in [2.45, 2.75) is 17.4 Å². The van der Waals surface area contributed by atoms with Crippen molar-refractivity contribution in [2.24, 2.45) is 0 Å². The average Bonchev–Trinajstić information content (AvgIpc) is 3.12. The van der Waals surface area contributed by atoms with Crippen molar-refractivity contribution < 1.29 is 22.6 Å². The van der Waals surface area contributed by atoms with Crippen LogP contribution in [0, 0.1) is 0 Å². The summed E-state index contributed by atoms with van der Waals surface area (Å²) in [5.41, 5.74) is 1.49. The number of nitrogens with one attached hydrogen (secondary N) is 1. The van der Waals surface area contributed by atoms with Gasteiger partial charge in [0.25, 0.3) is 0 Å². The molecule has 1 aromatic heterocycles. The van der Waals surface area contributed by atoms with Crippen molar-refractivity contribution in [2.75, 3.05) is 20.3 Å². The summed E-state index contributed by atoms with van der Waals surface area (Å²) in [5, 5.41) is 0.624. The highest BCUT2D eigenvalue weighted by molar-refractivity contribution is 7.89. The topological polar surface area (TPSA) is 86.8 Å². The van der Waals surface area contributed by atoms with Gasteiger partial charge >= 0.3 is 0 Å². The van der Waals surface area contributed by atoms with E-state index in [1.54, 1.807) is 19.2 Å². The van der Waals surface area contributed by atoms with Crippen LogP contribution < -0.4 is 18.9 Å². The predicted octanol–water partition coefficient (Wildman–Crippen LogP) is 4.53. The standard InChI is InChI=1S/C24H22N2O5S2/c1-29-19-9-4-2-7-17(19)23(24-25-18-8-3-5-10-22(18)32-24)26-33(27,28)16-11-12-20-21(15-16)31-14-6-13-30-20/h2-5,7-12,15,23,26H,6,13-14H2,1H3/t23-/m0/s1. The first-order valence-electron chi connectivity index (χ1n) is 10.5. The van der Waals surface area contributed by atoms with E-state index in [2.05, 4.69) is 4.72 Å². The minimum atomic E-state index is -3.94. The van der Waals surface area contributed by atoms with Crippen LogP contribution in [0.5, 0.6) is 17.2 Å². The average molecular weight is 483 g/mol. The zero-order valence-corrected chi connectivity index (χ0v) is 19.5. The summed E-state index contributed by atoms with van der Waals surface area (Å²) in [5.74, 6) is 1.53. The summed E-state index contributed by atoms with van der Waals surface area (Å²) in [4.78, 5) is 4.81. The number of rotatable bonds is 6. The molecule has 0 saturated carbocycles. The van der Waals surface area contributed by atoms with Crippen molar-refractivity contribution in [3.63, 3.8) is 0 Å². The smallest absolute Gasteiger partial charge is 0.241 e. The molecule has 0 aliphatic carbocycles. The second-order valence-electron chi connectivity index (χ2n) is 7.48. The Morgan fingerprint density at radius 1 is 1.00 bits per heavy atom. The number of hydrogen-bond acceptors (Lipinski definition) is 7. The number of fused-ring (bicyclic) bond motifs is 2. The zero-order chi connectivity index (χ0) is 22.8. The highest BCUT2D eigenvalue weighted by Crippen LogP contribution is 2.37. The van der Waals surface area contributed by atoms with Crippen LogP contribution in [0.25, 0.3) is 10.2 Å². The number of para-hydroxylation sites is 2. The van der Waals surface area contributed by atoms with Crippen molar-refractivity contribution in [3.05, 3.63) is 77.3 Å². The van der Waals surface area contributed by atoms with Gasteiger partial charge in [0.15, 0.2) is 11.5 Å². The maximum atomic E-state index is 13.5. The molecule has 1 N–H and O–H groups in total. The Labute approximate surface area is 196 Å². The van der Waals surface area contributed by atoms with Gasteiger partial charge < -0.3 is 14.2 Å². The molecule has 0 unspecified atom stereocenters. The minimum absolute atomic E-state index is 0.0905. The number of methoxy groups -OCH3 is 1. The van der Waals surface area contributed by atoms with E-state index in [9.17, 15) is 8.42 Å². The van der Waals surface area contributed by atoms with E-state index in [0.717, 1.165) is 16.6 Å². The first-order valence-corrected chi connectivity index (χ1v) is 12.8. The fourth-order valence-electron chi connectivity index (χ4n) is 3.70. The van der Waals surface area contributed by atoms with E-state index in [-0.39, 0.29) is 4.90 Å². The lowest BCUT2D eigenvalue weighted by atomic mass is 10.1. The van der Waals surface area contributed by atoms with Crippen LogP contribution in [0.2, 0.25) is 0 Å². The molecule has 33 heavy (non-hydrogen) atoms. The second-order valence-corrected chi connectivity index (χ2v) is 10.3. The van der Waals surface area contributed by atoms with E-state index in [0.29, 0.717) is 41.0 Å². The molecule has 9 heteroatoms. The van der Waals surface area contributed by atoms with Crippen LogP contribution in [-0.2, 0) is 10.0 Å². The van der Waals surface area contributed by atoms with Crippen LogP contribution in [0.3, 0.4) is 0 Å². The number of ether oxygens (including phenoxy) is 3. The lowest BCUT2D eigenvalue weighted by Crippen LogP contribution is -2.29. The summed E-state index contributed by atoms with van der Waals surface area (Å²) < 4.78 is 47.7. The molecule has 0 saturated heterocycles. The van der Waals surface area contributed by atoms with Crippen LogP contribution >= 0.6 is 11.3 Å². The Kier molecular flexibility index (Phi) is 5.92. The van der Waals surface area contributed by atoms with Crippen molar-refractivity contribution >= 4 is 31.6 Å². The van der Waals surface area contributed by atoms with Crippen molar-refractivity contribution in [3.8, 4) is 17.2 Å². The molecule has 170 valence electrons. The number of nitrogens with zero attached hydrogens (tertiary/aromatic N) is 1. The summed E-state index contributed by atoms with van der Waals surface area (Å²) in [6.07, 6.45) is 0.739. The first-order chi connectivity index (χ1) is 16.0. The Bertz CT molecular complexity index is 1370. The van der Waals surface area contributed by atoms with E-state index in [4.69, 9.17) is 19.2 Å². The fraction of sp³-hybridized carbons (Fsp3) is 0.208. The van der Waals surface area contributed by atoms with E-state index >= 15 is 0 Å². The summed E-state index contributed by atoms with van der Waals surface area (Å²) >= 11 is 1.44. The van der Waals surface area contributed by atoms with Gasteiger partial charge in [0.2, 0.25) is 10.0 Å². The Balaban J connectivity index is 1.57. The lowest BCUT2D eigenvalue weighted by Gasteiger charge is -2.20. The molecular formula is C24H22N2O5S2. The molecule has 0 radical (unpaired) electrons. The van der Waals surface area contributed by atoms with E-state index in [1.807, 2.05) is 42.5 Å². The number of thiazole rings is 1. The SMILES string of the molecule is COc1ccccc1[C@H](NS(=O)(=O)c1ccc2c(c1)OCCCO2)c1nc2ccccc2s1. The molecule has 1 aliphatic heterocycles. The molecule has 2 heterocycles. The van der Waals surface area contributed by atoms with Gasteiger partial charge in [0, 0.05) is 18.1 Å². The van der Waals surface area contributed by atoms with Crippen LogP contribution in [0.1, 0.15) is 23.0 Å². The third-order valence-electron chi connectivity index (χ3n) is 5.31. The molecule has 7 nitrogen and oxygen atoms in total. The molecule has 3 aromatic carbocycles. The van der Waals surface area contributed by atoms with Crippen molar-refractivity contribution in [1.82, 2.24) is 9.71 Å². The van der Waals surface area contributed by atoms with Crippen LogP contribution in [0.4, 0.5) is 0 Å². The molecule has 1 aliphatic rings. The number of hydrogen-bond donors (Lipinski definition) is 1. The summed E-state index contributed by atoms with van der Waals surface area (Å²) in [6.45, 7) is 1.00. The Morgan fingerprint density at radius 2 is 1.76 bits per heavy atom. The van der Waals surface area contributed by atoms with Crippen LogP contribution in [0.15, 0.2) is 71.6 Å². The van der Waals surface area contributed by atoms with Gasteiger partial charge in [-0.2, -0.15) is 4.72 Å². The zero-order valence-electron chi connectivity index (χ0n) is 17.9. The van der Waals surface area contributed by atoms with Gasteiger partial charge in [0.1, 0.15) is 16.8 Å². The monoisotopic (exact) mass is 482 g/mol. The normalized spacial score (nSPS) is 14.6. The predicted molar refractivity (Wildman–Crippen MR) is 127 cm³/mol.